The molecule has 0 bridgehead atoms. The quantitative estimate of drug-likeness (QED) is 0.717. The molecule has 9 heteroatoms. The number of aromatic amines is 1. The minimum absolute atomic E-state index is 0.157. The number of carbonyl (C=O) groups is 2. The largest absolute Gasteiger partial charge is 0.464 e. The summed E-state index contributed by atoms with van der Waals surface area (Å²) in [5.74, 6) is -1.28. The SMILES string of the molecule is COC(=O)c1nnn(-c2cc(-c3ccccc3)[nH]n2)c1C(=O)OC. The zero-order valence-corrected chi connectivity index (χ0v) is 12.9. The van der Waals surface area contributed by atoms with Gasteiger partial charge in [0.2, 0.25) is 5.69 Å². The standard InChI is InChI=1S/C15H13N5O4/c1-23-14(21)12-13(15(22)24-2)20(19-18-12)11-8-10(16-17-11)9-6-4-3-5-7-9/h3-8H,1-2H3,(H,16,17). The van der Waals surface area contributed by atoms with Gasteiger partial charge in [-0.15, -0.1) is 5.10 Å². The van der Waals surface area contributed by atoms with E-state index in [1.54, 1.807) is 6.07 Å². The lowest BCUT2D eigenvalue weighted by Gasteiger charge is -2.02. The summed E-state index contributed by atoms with van der Waals surface area (Å²) >= 11 is 0. The van der Waals surface area contributed by atoms with Gasteiger partial charge in [-0.05, 0) is 5.56 Å². The van der Waals surface area contributed by atoms with E-state index in [-0.39, 0.29) is 17.2 Å². The summed E-state index contributed by atoms with van der Waals surface area (Å²) in [6.07, 6.45) is 0. The van der Waals surface area contributed by atoms with Gasteiger partial charge in [0.15, 0.2) is 11.5 Å². The highest BCUT2D eigenvalue weighted by molar-refractivity contribution is 6.00. The molecule has 2 aromatic heterocycles. The van der Waals surface area contributed by atoms with Crippen LogP contribution in [0.15, 0.2) is 36.4 Å². The van der Waals surface area contributed by atoms with Gasteiger partial charge in [-0.3, -0.25) is 5.10 Å². The summed E-state index contributed by atoms with van der Waals surface area (Å²) in [6, 6.07) is 11.2. The molecule has 9 nitrogen and oxygen atoms in total. The Morgan fingerprint density at radius 3 is 2.46 bits per heavy atom. The summed E-state index contributed by atoms with van der Waals surface area (Å²) in [5.41, 5.74) is 1.23. The molecule has 0 aliphatic carbocycles. The maximum atomic E-state index is 12.0. The number of hydrogen-bond donors (Lipinski definition) is 1. The van der Waals surface area contributed by atoms with Gasteiger partial charge in [0.25, 0.3) is 0 Å². The van der Waals surface area contributed by atoms with E-state index in [1.807, 2.05) is 30.3 Å². The highest BCUT2D eigenvalue weighted by atomic mass is 16.5. The molecule has 0 unspecified atom stereocenters. The lowest BCUT2D eigenvalue weighted by Crippen LogP contribution is -2.15. The fraction of sp³-hybridized carbons (Fsp3) is 0.133. The number of nitrogens with zero attached hydrogens (tertiary/aromatic N) is 4. The van der Waals surface area contributed by atoms with Crippen molar-refractivity contribution in [3.8, 4) is 17.1 Å². The van der Waals surface area contributed by atoms with Crippen molar-refractivity contribution in [2.75, 3.05) is 14.2 Å². The Hall–Kier alpha value is -3.49. The molecule has 122 valence electrons. The van der Waals surface area contributed by atoms with Gasteiger partial charge in [-0.25, -0.2) is 9.59 Å². The Bertz CT molecular complexity index is 884. The van der Waals surface area contributed by atoms with Crippen LogP contribution >= 0.6 is 0 Å². The van der Waals surface area contributed by atoms with Gasteiger partial charge in [0.05, 0.1) is 19.9 Å². The van der Waals surface area contributed by atoms with Crippen molar-refractivity contribution in [3.63, 3.8) is 0 Å². The molecular formula is C15H13N5O4. The van der Waals surface area contributed by atoms with E-state index in [0.29, 0.717) is 0 Å². The summed E-state index contributed by atoms with van der Waals surface area (Å²) in [4.78, 5) is 23.8. The number of esters is 2. The number of H-pyrrole nitrogens is 1. The van der Waals surface area contributed by atoms with Crippen molar-refractivity contribution in [1.29, 1.82) is 0 Å². The molecular weight excluding hydrogens is 314 g/mol. The third kappa shape index (κ3) is 2.62. The minimum atomic E-state index is -0.791. The van der Waals surface area contributed by atoms with E-state index < -0.39 is 11.9 Å². The Morgan fingerprint density at radius 1 is 1.08 bits per heavy atom. The highest BCUT2D eigenvalue weighted by Gasteiger charge is 2.28. The van der Waals surface area contributed by atoms with Crippen LogP contribution in [-0.2, 0) is 9.47 Å². The second kappa shape index (κ2) is 6.32. The fourth-order valence-corrected chi connectivity index (χ4v) is 2.14. The van der Waals surface area contributed by atoms with Crippen molar-refractivity contribution in [2.45, 2.75) is 0 Å². The number of ether oxygens (including phenoxy) is 2. The van der Waals surface area contributed by atoms with Gasteiger partial charge in [-0.2, -0.15) is 9.78 Å². The lowest BCUT2D eigenvalue weighted by molar-refractivity contribution is 0.0545. The summed E-state index contributed by atoms with van der Waals surface area (Å²) in [5, 5.41) is 14.5. The van der Waals surface area contributed by atoms with E-state index in [0.717, 1.165) is 15.9 Å². The van der Waals surface area contributed by atoms with Crippen LogP contribution in [-0.4, -0.2) is 51.3 Å². The van der Waals surface area contributed by atoms with Gasteiger partial charge < -0.3 is 9.47 Å². The number of aromatic nitrogens is 5. The van der Waals surface area contributed by atoms with Crippen LogP contribution in [0.4, 0.5) is 0 Å². The van der Waals surface area contributed by atoms with E-state index in [4.69, 9.17) is 4.74 Å². The highest BCUT2D eigenvalue weighted by Crippen LogP contribution is 2.20. The van der Waals surface area contributed by atoms with Crippen LogP contribution in [0.25, 0.3) is 17.1 Å². The predicted molar refractivity (Wildman–Crippen MR) is 81.6 cm³/mol. The fourth-order valence-electron chi connectivity index (χ4n) is 2.14. The molecule has 0 saturated heterocycles. The molecule has 0 fully saturated rings. The smallest absolute Gasteiger partial charge is 0.361 e. The Kier molecular flexibility index (Phi) is 4.06. The number of carbonyl (C=O) groups excluding carboxylic acids is 2. The van der Waals surface area contributed by atoms with Gasteiger partial charge in [-0.1, -0.05) is 35.5 Å². The second-order valence-corrected chi connectivity index (χ2v) is 4.69. The van der Waals surface area contributed by atoms with Crippen molar-refractivity contribution in [1.82, 2.24) is 25.2 Å². The van der Waals surface area contributed by atoms with E-state index in [9.17, 15) is 9.59 Å². The average molecular weight is 327 g/mol. The van der Waals surface area contributed by atoms with Crippen LogP contribution in [0.2, 0.25) is 0 Å². The Balaban J connectivity index is 2.07. The molecule has 0 aliphatic heterocycles. The van der Waals surface area contributed by atoms with Crippen molar-refractivity contribution in [2.24, 2.45) is 0 Å². The molecule has 1 aromatic carbocycles. The predicted octanol–water partition coefficient (Wildman–Crippen LogP) is 1.23. The van der Waals surface area contributed by atoms with E-state index in [1.165, 1.54) is 14.2 Å². The first-order valence-corrected chi connectivity index (χ1v) is 6.89. The molecule has 3 rings (SSSR count). The first-order valence-electron chi connectivity index (χ1n) is 6.89. The topological polar surface area (TPSA) is 112 Å². The number of rotatable bonds is 4. The number of hydrogen-bond acceptors (Lipinski definition) is 7. The molecule has 0 amide bonds. The molecule has 0 atom stereocenters. The first-order chi connectivity index (χ1) is 11.7. The van der Waals surface area contributed by atoms with E-state index in [2.05, 4.69) is 25.2 Å². The molecule has 24 heavy (non-hydrogen) atoms. The molecule has 0 spiro atoms. The summed E-state index contributed by atoms with van der Waals surface area (Å²) < 4.78 is 10.4. The van der Waals surface area contributed by atoms with Crippen LogP contribution in [0.1, 0.15) is 21.0 Å². The number of methoxy groups -OCH3 is 2. The maximum Gasteiger partial charge on any atom is 0.361 e. The van der Waals surface area contributed by atoms with Crippen LogP contribution in [0, 0.1) is 0 Å². The van der Waals surface area contributed by atoms with Crippen molar-refractivity contribution < 1.29 is 19.1 Å². The monoisotopic (exact) mass is 327 g/mol. The Labute approximate surface area is 136 Å². The minimum Gasteiger partial charge on any atom is -0.464 e. The zero-order chi connectivity index (χ0) is 17.1. The van der Waals surface area contributed by atoms with Crippen LogP contribution in [0.5, 0.6) is 0 Å². The molecule has 2 heterocycles. The van der Waals surface area contributed by atoms with Crippen molar-refractivity contribution in [3.05, 3.63) is 47.8 Å². The molecule has 0 aliphatic rings. The van der Waals surface area contributed by atoms with Gasteiger partial charge in [0, 0.05) is 6.07 Å². The van der Waals surface area contributed by atoms with Crippen molar-refractivity contribution >= 4 is 11.9 Å². The molecule has 0 saturated carbocycles. The summed E-state index contributed by atoms with van der Waals surface area (Å²) in [7, 11) is 2.38. The first kappa shape index (κ1) is 15.4. The second-order valence-electron chi connectivity index (χ2n) is 4.69. The Morgan fingerprint density at radius 2 is 1.79 bits per heavy atom. The molecule has 1 N–H and O–H groups in total. The maximum absolute atomic E-state index is 12.0. The van der Waals surface area contributed by atoms with E-state index >= 15 is 0 Å². The van der Waals surface area contributed by atoms with Gasteiger partial charge in [0.1, 0.15) is 0 Å². The summed E-state index contributed by atoms with van der Waals surface area (Å²) in [6.45, 7) is 0. The van der Waals surface area contributed by atoms with Crippen LogP contribution < -0.4 is 0 Å². The molecule has 0 radical (unpaired) electrons. The third-order valence-corrected chi connectivity index (χ3v) is 3.29. The number of nitrogens with one attached hydrogen (secondary N) is 1. The third-order valence-electron chi connectivity index (χ3n) is 3.29. The zero-order valence-electron chi connectivity index (χ0n) is 12.9. The van der Waals surface area contributed by atoms with Crippen LogP contribution in [0.3, 0.4) is 0 Å². The number of benzene rings is 1. The lowest BCUT2D eigenvalue weighted by atomic mass is 10.1. The van der Waals surface area contributed by atoms with Gasteiger partial charge >= 0.3 is 11.9 Å². The average Bonchev–Trinajstić information content (AvgIpc) is 3.27. The molecule has 3 aromatic rings. The normalized spacial score (nSPS) is 10.4.